The van der Waals surface area contributed by atoms with Crippen molar-refractivity contribution in [2.45, 2.75) is 45.1 Å². The highest BCUT2D eigenvalue weighted by molar-refractivity contribution is 7.95. The first-order valence-corrected chi connectivity index (χ1v) is 12.0. The lowest BCUT2D eigenvalue weighted by Gasteiger charge is -2.11. The van der Waals surface area contributed by atoms with Crippen LogP contribution in [0.2, 0.25) is 0 Å². The Bertz CT molecular complexity index is 1200. The molecule has 1 saturated carbocycles. The molecule has 0 radical (unpaired) electrons. The molecule has 1 aromatic carbocycles. The van der Waals surface area contributed by atoms with Crippen LogP contribution in [0.5, 0.6) is 5.75 Å². The maximum absolute atomic E-state index is 12.4. The highest BCUT2D eigenvalue weighted by atomic mass is 32.2. The smallest absolute Gasteiger partial charge is 0.228 e. The van der Waals surface area contributed by atoms with Crippen molar-refractivity contribution in [1.29, 1.82) is 10.5 Å². The van der Waals surface area contributed by atoms with Gasteiger partial charge in [0, 0.05) is 42.6 Å². The molecule has 33 heavy (non-hydrogen) atoms. The second-order valence-electron chi connectivity index (χ2n) is 8.02. The van der Waals surface area contributed by atoms with Gasteiger partial charge in [-0.1, -0.05) is 12.1 Å². The molecule has 8 heteroatoms. The van der Waals surface area contributed by atoms with Crippen LogP contribution >= 0.6 is 12.0 Å². The second kappa shape index (κ2) is 10.9. The number of unbranched alkanes of at least 4 members (excludes halogenated alkanes) is 2. The fraction of sp³-hybridized carbons (Fsp3) is 0.360. The standard InChI is InChI=1S/C25H25N5O2S/c26-12-1-3-14-30-15-11-21-22(17-23(28-24(21)30)29-25(31)19-5-6-19)18-7-9-20(10-8-18)32-33-16-4-2-13-27/h7-11,15,17,19H,1-6,14,16H2,(H,28,29,31). The first-order chi connectivity index (χ1) is 16.2. The average Bonchev–Trinajstić information content (AvgIpc) is 3.61. The fourth-order valence-corrected chi connectivity index (χ4v) is 4.15. The number of amides is 1. The molecule has 2 aromatic heterocycles. The van der Waals surface area contributed by atoms with Crippen LogP contribution in [0.15, 0.2) is 42.6 Å². The van der Waals surface area contributed by atoms with E-state index < -0.39 is 0 Å². The molecule has 0 saturated heterocycles. The summed E-state index contributed by atoms with van der Waals surface area (Å²) in [5.41, 5.74) is 2.78. The number of nitriles is 2. The van der Waals surface area contributed by atoms with Crippen molar-refractivity contribution in [2.24, 2.45) is 5.92 Å². The summed E-state index contributed by atoms with van der Waals surface area (Å²) in [7, 11) is 0. The fourth-order valence-electron chi connectivity index (χ4n) is 3.56. The van der Waals surface area contributed by atoms with Gasteiger partial charge < -0.3 is 14.1 Å². The molecule has 2 heterocycles. The number of rotatable bonds is 11. The van der Waals surface area contributed by atoms with Crippen molar-refractivity contribution >= 4 is 34.8 Å². The van der Waals surface area contributed by atoms with Gasteiger partial charge in [0.1, 0.15) is 17.2 Å². The monoisotopic (exact) mass is 459 g/mol. The topological polar surface area (TPSA) is 104 Å². The molecule has 7 nitrogen and oxygen atoms in total. The van der Waals surface area contributed by atoms with E-state index in [0.29, 0.717) is 25.2 Å². The molecular formula is C25H25N5O2S. The third kappa shape index (κ3) is 5.85. The highest BCUT2D eigenvalue weighted by Gasteiger charge is 2.30. The molecule has 1 N–H and O–H groups in total. The van der Waals surface area contributed by atoms with E-state index in [1.54, 1.807) is 0 Å². The maximum Gasteiger partial charge on any atom is 0.228 e. The summed E-state index contributed by atoms with van der Waals surface area (Å²) in [6.07, 6.45) is 6.41. The summed E-state index contributed by atoms with van der Waals surface area (Å²) in [6, 6.07) is 16.1. The van der Waals surface area contributed by atoms with Crippen LogP contribution in [0.1, 0.15) is 38.5 Å². The van der Waals surface area contributed by atoms with Crippen LogP contribution < -0.4 is 9.50 Å². The molecule has 4 rings (SSSR count). The minimum Gasteiger partial charge on any atom is -0.426 e. The van der Waals surface area contributed by atoms with Crippen molar-refractivity contribution in [3.8, 4) is 29.0 Å². The van der Waals surface area contributed by atoms with Crippen molar-refractivity contribution < 1.29 is 8.98 Å². The van der Waals surface area contributed by atoms with E-state index in [4.69, 9.17) is 19.7 Å². The lowest BCUT2D eigenvalue weighted by molar-refractivity contribution is -0.117. The third-order valence-electron chi connectivity index (χ3n) is 5.46. The summed E-state index contributed by atoms with van der Waals surface area (Å²) < 4.78 is 7.75. The molecule has 0 aliphatic heterocycles. The van der Waals surface area contributed by atoms with Crippen LogP contribution in [0, 0.1) is 28.6 Å². The summed E-state index contributed by atoms with van der Waals surface area (Å²) in [6.45, 7) is 0.694. The Morgan fingerprint density at radius 1 is 1.15 bits per heavy atom. The minimum atomic E-state index is 0.0209. The van der Waals surface area contributed by atoms with Crippen molar-refractivity contribution in [3.05, 3.63) is 42.6 Å². The lowest BCUT2D eigenvalue weighted by Crippen LogP contribution is -2.14. The van der Waals surface area contributed by atoms with E-state index in [9.17, 15) is 4.79 Å². The molecule has 1 aliphatic carbocycles. The molecule has 0 bridgehead atoms. The van der Waals surface area contributed by atoms with Gasteiger partial charge in [0.2, 0.25) is 5.91 Å². The zero-order valence-corrected chi connectivity index (χ0v) is 19.1. The van der Waals surface area contributed by atoms with E-state index >= 15 is 0 Å². The first kappa shape index (κ1) is 22.7. The predicted octanol–water partition coefficient (Wildman–Crippen LogP) is 5.69. The molecule has 3 aromatic rings. The number of fused-ring (bicyclic) bond motifs is 1. The number of aromatic nitrogens is 2. The van der Waals surface area contributed by atoms with Crippen LogP contribution in [0.25, 0.3) is 22.2 Å². The number of hydrogen-bond donors (Lipinski definition) is 1. The number of aryl methyl sites for hydroxylation is 1. The van der Waals surface area contributed by atoms with E-state index in [-0.39, 0.29) is 11.8 Å². The third-order valence-corrected chi connectivity index (χ3v) is 6.22. The molecule has 0 spiro atoms. The Hall–Kier alpha value is -3.49. The Morgan fingerprint density at radius 3 is 2.64 bits per heavy atom. The molecule has 1 aliphatic rings. The van der Waals surface area contributed by atoms with Gasteiger partial charge in [0.25, 0.3) is 0 Å². The van der Waals surface area contributed by atoms with Crippen molar-refractivity contribution in [3.63, 3.8) is 0 Å². The van der Waals surface area contributed by atoms with Crippen LogP contribution in [0.4, 0.5) is 5.82 Å². The van der Waals surface area contributed by atoms with Gasteiger partial charge in [-0.15, -0.1) is 0 Å². The molecule has 1 fully saturated rings. The number of carbonyl (C=O) groups excluding carboxylic acids is 1. The largest absolute Gasteiger partial charge is 0.426 e. The number of anilines is 1. The number of pyridine rings is 1. The van der Waals surface area contributed by atoms with Crippen LogP contribution in [-0.4, -0.2) is 21.2 Å². The van der Waals surface area contributed by atoms with Crippen LogP contribution in [-0.2, 0) is 11.3 Å². The summed E-state index contributed by atoms with van der Waals surface area (Å²) in [5.74, 6) is 2.18. The van der Waals surface area contributed by atoms with Gasteiger partial charge in [0.15, 0.2) is 0 Å². The quantitative estimate of drug-likeness (QED) is 0.292. The van der Waals surface area contributed by atoms with Gasteiger partial charge in [-0.3, -0.25) is 4.79 Å². The highest BCUT2D eigenvalue weighted by Crippen LogP contribution is 2.34. The Balaban J connectivity index is 1.59. The van der Waals surface area contributed by atoms with E-state index in [1.807, 2.05) is 47.2 Å². The Morgan fingerprint density at radius 2 is 1.91 bits per heavy atom. The minimum absolute atomic E-state index is 0.0209. The van der Waals surface area contributed by atoms with E-state index in [0.717, 1.165) is 59.3 Å². The summed E-state index contributed by atoms with van der Waals surface area (Å²) in [5, 5.41) is 21.5. The second-order valence-corrected chi connectivity index (χ2v) is 8.83. The van der Waals surface area contributed by atoms with Gasteiger partial charge in [-0.2, -0.15) is 10.5 Å². The van der Waals surface area contributed by atoms with E-state index in [2.05, 4.69) is 17.5 Å². The van der Waals surface area contributed by atoms with Gasteiger partial charge in [-0.25, -0.2) is 4.98 Å². The Kier molecular flexibility index (Phi) is 7.49. The molecule has 1 amide bonds. The molecular weight excluding hydrogens is 434 g/mol. The number of hydrogen-bond acceptors (Lipinski definition) is 6. The van der Waals surface area contributed by atoms with Crippen molar-refractivity contribution in [1.82, 2.24) is 9.55 Å². The lowest BCUT2D eigenvalue weighted by atomic mass is 10.0. The van der Waals surface area contributed by atoms with Crippen LogP contribution in [0.3, 0.4) is 0 Å². The molecule has 0 unspecified atom stereocenters. The number of nitrogens with zero attached hydrogens (tertiary/aromatic N) is 4. The Labute approximate surface area is 197 Å². The molecule has 168 valence electrons. The molecule has 0 atom stereocenters. The normalized spacial score (nSPS) is 12.8. The van der Waals surface area contributed by atoms with E-state index in [1.165, 1.54) is 12.0 Å². The SMILES string of the molecule is N#CCCCSOc1ccc(-c2cc(NC(=O)C3CC3)nc3c2ccn3CCCC#N)cc1. The maximum atomic E-state index is 12.4. The van der Waals surface area contributed by atoms with Gasteiger partial charge >= 0.3 is 0 Å². The summed E-state index contributed by atoms with van der Waals surface area (Å²) in [4.78, 5) is 17.1. The zero-order chi connectivity index (χ0) is 23.0. The first-order valence-electron chi connectivity index (χ1n) is 11.1. The predicted molar refractivity (Wildman–Crippen MR) is 129 cm³/mol. The zero-order valence-electron chi connectivity index (χ0n) is 18.3. The average molecular weight is 460 g/mol. The summed E-state index contributed by atoms with van der Waals surface area (Å²) >= 11 is 1.35. The number of carbonyl (C=O) groups is 1. The van der Waals surface area contributed by atoms with Gasteiger partial charge in [0.05, 0.1) is 24.2 Å². The number of nitrogens with one attached hydrogen (secondary N) is 1. The number of benzene rings is 1. The van der Waals surface area contributed by atoms with Crippen molar-refractivity contribution in [2.75, 3.05) is 11.1 Å². The van der Waals surface area contributed by atoms with Gasteiger partial charge in [-0.05, 0) is 61.1 Å².